The number of carbonyl (C=O) groups is 1. The Morgan fingerprint density at radius 1 is 1.08 bits per heavy atom. The number of carbonyl (C=O) groups excluding carboxylic acids is 1. The van der Waals surface area contributed by atoms with Gasteiger partial charge in [-0.15, -0.1) is 0 Å². The van der Waals surface area contributed by atoms with Gasteiger partial charge in [-0.3, -0.25) is 9.69 Å². The van der Waals surface area contributed by atoms with Crippen molar-refractivity contribution in [1.29, 1.82) is 0 Å². The molecule has 4 rings (SSSR count). The van der Waals surface area contributed by atoms with Gasteiger partial charge >= 0.3 is 0 Å². The number of rotatable bonds is 4. The van der Waals surface area contributed by atoms with Crippen molar-refractivity contribution in [2.75, 3.05) is 24.7 Å². The lowest BCUT2D eigenvalue weighted by Gasteiger charge is -2.31. The summed E-state index contributed by atoms with van der Waals surface area (Å²) in [4.78, 5) is 14.5. The van der Waals surface area contributed by atoms with Crippen LogP contribution in [0.15, 0.2) is 48.5 Å². The minimum Gasteiger partial charge on any atom is -0.453 e. The van der Waals surface area contributed by atoms with Crippen molar-refractivity contribution >= 4 is 17.3 Å². The van der Waals surface area contributed by atoms with E-state index in [0.29, 0.717) is 18.1 Å². The Kier molecular flexibility index (Phi) is 4.19. The molecule has 5 heteroatoms. The van der Waals surface area contributed by atoms with Gasteiger partial charge in [0.05, 0.1) is 24.1 Å². The summed E-state index contributed by atoms with van der Waals surface area (Å²) in [5.41, 5.74) is 1.48. The van der Waals surface area contributed by atoms with Crippen molar-refractivity contribution in [2.45, 2.75) is 18.9 Å². The van der Waals surface area contributed by atoms with E-state index in [-0.39, 0.29) is 18.6 Å². The van der Waals surface area contributed by atoms with Crippen LogP contribution in [0.2, 0.25) is 0 Å². The fourth-order valence-corrected chi connectivity index (χ4v) is 3.09. The van der Waals surface area contributed by atoms with E-state index in [1.54, 1.807) is 4.90 Å². The molecule has 0 saturated carbocycles. The molecule has 1 amide bonds. The number of ether oxygens (including phenoxy) is 3. The summed E-state index contributed by atoms with van der Waals surface area (Å²) in [5.74, 6) is 1.23. The molecule has 5 nitrogen and oxygen atoms in total. The predicted octanol–water partition coefficient (Wildman–Crippen LogP) is 3.65. The molecular weight excluding hydrogens is 306 g/mol. The SMILES string of the molecule is O=C(COC[C@H]1CCCO1)N1c2ccccc2Oc2ccccc21. The van der Waals surface area contributed by atoms with Crippen LogP contribution in [0.4, 0.5) is 11.4 Å². The number of anilines is 2. The molecule has 2 aliphatic rings. The standard InChI is InChI=1S/C19H19NO4/c21-19(13-22-12-14-6-5-11-23-14)20-15-7-1-3-9-17(15)24-18-10-4-2-8-16(18)20/h1-4,7-10,14H,5-6,11-13H2/t14-/m1/s1. The third-order valence-corrected chi connectivity index (χ3v) is 4.23. The summed E-state index contributed by atoms with van der Waals surface area (Å²) in [6.07, 6.45) is 2.17. The molecule has 0 unspecified atom stereocenters. The summed E-state index contributed by atoms with van der Waals surface area (Å²) in [6, 6.07) is 15.0. The second-order valence-corrected chi connectivity index (χ2v) is 5.92. The van der Waals surface area contributed by atoms with Crippen LogP contribution >= 0.6 is 0 Å². The second-order valence-electron chi connectivity index (χ2n) is 5.92. The Morgan fingerprint density at radius 3 is 2.38 bits per heavy atom. The molecule has 1 atom stereocenters. The lowest BCUT2D eigenvalue weighted by molar-refractivity contribution is -0.123. The molecule has 2 aliphatic heterocycles. The van der Waals surface area contributed by atoms with Crippen molar-refractivity contribution in [3.05, 3.63) is 48.5 Å². The van der Waals surface area contributed by atoms with Crippen LogP contribution < -0.4 is 9.64 Å². The zero-order valence-electron chi connectivity index (χ0n) is 13.3. The minimum atomic E-state index is -0.115. The Hall–Kier alpha value is -2.37. The smallest absolute Gasteiger partial charge is 0.257 e. The number of nitrogens with zero attached hydrogens (tertiary/aromatic N) is 1. The molecule has 24 heavy (non-hydrogen) atoms. The molecule has 0 N–H and O–H groups in total. The third-order valence-electron chi connectivity index (χ3n) is 4.23. The molecule has 1 fully saturated rings. The first-order valence-electron chi connectivity index (χ1n) is 8.21. The molecule has 1 saturated heterocycles. The fourth-order valence-electron chi connectivity index (χ4n) is 3.09. The summed E-state index contributed by atoms with van der Waals surface area (Å²) < 4.78 is 17.0. The van der Waals surface area contributed by atoms with Crippen molar-refractivity contribution in [2.24, 2.45) is 0 Å². The first kappa shape index (κ1) is 15.2. The van der Waals surface area contributed by atoms with Gasteiger partial charge in [0, 0.05) is 6.61 Å². The highest BCUT2D eigenvalue weighted by atomic mass is 16.5. The topological polar surface area (TPSA) is 48.0 Å². The summed E-state index contributed by atoms with van der Waals surface area (Å²) in [7, 11) is 0. The maximum Gasteiger partial charge on any atom is 0.257 e. The number of fused-ring (bicyclic) bond motifs is 2. The lowest BCUT2D eigenvalue weighted by atomic mass is 10.1. The Labute approximate surface area is 140 Å². The first-order chi connectivity index (χ1) is 11.8. The van der Waals surface area contributed by atoms with E-state index in [4.69, 9.17) is 14.2 Å². The minimum absolute atomic E-state index is 0.0164. The zero-order valence-corrected chi connectivity index (χ0v) is 13.3. The molecule has 0 aromatic heterocycles. The van der Waals surface area contributed by atoms with Crippen LogP contribution in [0.1, 0.15) is 12.8 Å². The van der Waals surface area contributed by atoms with E-state index in [0.717, 1.165) is 30.8 Å². The van der Waals surface area contributed by atoms with Crippen LogP contribution in [0.3, 0.4) is 0 Å². The monoisotopic (exact) mass is 325 g/mol. The van der Waals surface area contributed by atoms with Crippen LogP contribution in [-0.4, -0.2) is 31.8 Å². The van der Waals surface area contributed by atoms with E-state index in [1.807, 2.05) is 48.5 Å². The lowest BCUT2D eigenvalue weighted by Crippen LogP contribution is -2.32. The molecule has 124 valence electrons. The molecule has 2 aromatic carbocycles. The largest absolute Gasteiger partial charge is 0.453 e. The van der Waals surface area contributed by atoms with E-state index >= 15 is 0 Å². The van der Waals surface area contributed by atoms with E-state index in [1.165, 1.54) is 0 Å². The molecule has 2 aromatic rings. The third kappa shape index (κ3) is 2.88. The fraction of sp³-hybridized carbons (Fsp3) is 0.316. The molecule has 0 radical (unpaired) electrons. The second kappa shape index (κ2) is 6.63. The number of para-hydroxylation sites is 4. The molecule has 0 aliphatic carbocycles. The Morgan fingerprint density at radius 2 is 1.75 bits per heavy atom. The quantitative estimate of drug-likeness (QED) is 0.861. The Bertz CT molecular complexity index is 694. The molecular formula is C19H19NO4. The summed E-state index contributed by atoms with van der Waals surface area (Å²) in [6.45, 7) is 1.26. The maximum atomic E-state index is 12.8. The zero-order chi connectivity index (χ0) is 16.4. The van der Waals surface area contributed by atoms with Crippen molar-refractivity contribution < 1.29 is 19.0 Å². The van der Waals surface area contributed by atoms with Gasteiger partial charge in [-0.25, -0.2) is 0 Å². The average Bonchev–Trinajstić information content (AvgIpc) is 3.13. The predicted molar refractivity (Wildman–Crippen MR) is 89.9 cm³/mol. The number of benzene rings is 2. The first-order valence-corrected chi connectivity index (χ1v) is 8.21. The van der Waals surface area contributed by atoms with E-state index in [9.17, 15) is 4.79 Å². The van der Waals surface area contributed by atoms with Gasteiger partial charge < -0.3 is 14.2 Å². The van der Waals surface area contributed by atoms with Crippen molar-refractivity contribution in [1.82, 2.24) is 0 Å². The van der Waals surface area contributed by atoms with Gasteiger partial charge in [-0.05, 0) is 37.1 Å². The average molecular weight is 325 g/mol. The van der Waals surface area contributed by atoms with Crippen molar-refractivity contribution in [3.8, 4) is 11.5 Å². The van der Waals surface area contributed by atoms with Crippen molar-refractivity contribution in [3.63, 3.8) is 0 Å². The van der Waals surface area contributed by atoms with Gasteiger partial charge in [-0.1, -0.05) is 24.3 Å². The van der Waals surface area contributed by atoms with E-state index in [2.05, 4.69) is 0 Å². The van der Waals surface area contributed by atoms with Crippen LogP contribution in [0, 0.1) is 0 Å². The van der Waals surface area contributed by atoms with Gasteiger partial charge in [-0.2, -0.15) is 0 Å². The summed E-state index contributed by atoms with van der Waals surface area (Å²) >= 11 is 0. The van der Waals surface area contributed by atoms with Gasteiger partial charge in [0.25, 0.3) is 5.91 Å². The molecule has 2 heterocycles. The highest BCUT2D eigenvalue weighted by Crippen LogP contribution is 2.46. The summed E-state index contributed by atoms with van der Waals surface area (Å²) in [5, 5.41) is 0. The van der Waals surface area contributed by atoms with Gasteiger partial charge in [0.15, 0.2) is 11.5 Å². The highest BCUT2D eigenvalue weighted by molar-refractivity contribution is 6.04. The Balaban J connectivity index is 1.54. The molecule has 0 bridgehead atoms. The highest BCUT2D eigenvalue weighted by Gasteiger charge is 2.29. The van der Waals surface area contributed by atoms with Gasteiger partial charge in [0.2, 0.25) is 0 Å². The van der Waals surface area contributed by atoms with Gasteiger partial charge in [0.1, 0.15) is 6.61 Å². The van der Waals surface area contributed by atoms with Crippen LogP contribution in [-0.2, 0) is 14.3 Å². The number of amides is 1. The van der Waals surface area contributed by atoms with E-state index < -0.39 is 0 Å². The number of hydrogen-bond donors (Lipinski definition) is 0. The van der Waals surface area contributed by atoms with Crippen LogP contribution in [0.25, 0.3) is 0 Å². The molecule has 0 spiro atoms. The maximum absolute atomic E-state index is 12.8. The van der Waals surface area contributed by atoms with Crippen LogP contribution in [0.5, 0.6) is 11.5 Å². The number of hydrogen-bond acceptors (Lipinski definition) is 4. The normalized spacial score (nSPS) is 18.7.